The van der Waals surface area contributed by atoms with Crippen LogP contribution in [0.15, 0.2) is 29.3 Å². The van der Waals surface area contributed by atoms with Gasteiger partial charge in [-0.3, -0.25) is 9.89 Å². The summed E-state index contributed by atoms with van der Waals surface area (Å²) in [5, 5.41) is 13.4. The van der Waals surface area contributed by atoms with E-state index in [1.54, 1.807) is 12.1 Å². The summed E-state index contributed by atoms with van der Waals surface area (Å²) in [6.07, 6.45) is -3.48. The van der Waals surface area contributed by atoms with Crippen LogP contribution in [0.25, 0.3) is 0 Å². The summed E-state index contributed by atoms with van der Waals surface area (Å²) in [5.41, 5.74) is 0.822. The fourth-order valence-corrected chi connectivity index (χ4v) is 3.81. The Balaban J connectivity index is 1.54. The highest BCUT2D eigenvalue weighted by Gasteiger charge is 2.35. The molecule has 0 radical (unpaired) electrons. The van der Waals surface area contributed by atoms with Gasteiger partial charge in [-0.05, 0) is 25.5 Å². The molecule has 6 nitrogen and oxygen atoms in total. The van der Waals surface area contributed by atoms with Crippen molar-refractivity contribution < 1.29 is 18.3 Å². The Hall–Kier alpha value is -2.16. The predicted octanol–water partition coefficient (Wildman–Crippen LogP) is 2.12. The number of hydrogen-bond acceptors (Lipinski definition) is 4. The molecule has 2 heterocycles. The minimum Gasteiger partial charge on any atom is -0.506 e. The second kappa shape index (κ2) is 8.89. The maximum Gasteiger partial charge on any atom is 0.401 e. The second-order valence-electron chi connectivity index (χ2n) is 7.24. The molecular formula is C19H28F3N5O. The molecule has 2 N–H and O–H groups in total. The average molecular weight is 399 g/mol. The average Bonchev–Trinajstić information content (AvgIpc) is 3.07. The first-order chi connectivity index (χ1) is 13.4. The van der Waals surface area contributed by atoms with E-state index in [0.717, 1.165) is 37.8 Å². The standard InChI is InChI=1S/C19H28F3N5O/c1-2-23-18(24-15-7-8-25(13-15)14-19(20,21)22)27-11-9-26(10-12-27)16-5-3-4-6-17(16)28/h3-6,15,28H,2,7-14H2,1H3,(H,23,24). The molecule has 0 amide bonds. The maximum absolute atomic E-state index is 12.6. The molecule has 1 unspecified atom stereocenters. The third kappa shape index (κ3) is 5.43. The topological polar surface area (TPSA) is 54.3 Å². The largest absolute Gasteiger partial charge is 0.506 e. The van der Waals surface area contributed by atoms with E-state index in [1.165, 1.54) is 4.90 Å². The molecule has 0 aliphatic carbocycles. The Morgan fingerprint density at radius 2 is 1.89 bits per heavy atom. The molecule has 2 fully saturated rings. The SMILES string of the molecule is CCN=C(NC1CCN(CC(F)(F)F)C1)N1CCN(c2ccccc2O)CC1. The number of halogens is 3. The van der Waals surface area contributed by atoms with E-state index in [0.29, 0.717) is 26.1 Å². The van der Waals surface area contributed by atoms with Crippen LogP contribution < -0.4 is 10.2 Å². The zero-order chi connectivity index (χ0) is 20.1. The number of rotatable bonds is 4. The lowest BCUT2D eigenvalue weighted by Crippen LogP contribution is -2.54. The van der Waals surface area contributed by atoms with Gasteiger partial charge >= 0.3 is 6.18 Å². The van der Waals surface area contributed by atoms with Crippen molar-refractivity contribution in [3.05, 3.63) is 24.3 Å². The summed E-state index contributed by atoms with van der Waals surface area (Å²) in [4.78, 5) is 10.3. The van der Waals surface area contributed by atoms with Gasteiger partial charge in [-0.1, -0.05) is 12.1 Å². The highest BCUT2D eigenvalue weighted by Crippen LogP contribution is 2.27. The van der Waals surface area contributed by atoms with Gasteiger partial charge in [0.2, 0.25) is 0 Å². The van der Waals surface area contributed by atoms with Crippen LogP contribution in [0.2, 0.25) is 0 Å². The monoisotopic (exact) mass is 399 g/mol. The van der Waals surface area contributed by atoms with Crippen molar-refractivity contribution in [1.82, 2.24) is 15.1 Å². The maximum atomic E-state index is 12.6. The van der Waals surface area contributed by atoms with Gasteiger partial charge in [0, 0.05) is 51.9 Å². The van der Waals surface area contributed by atoms with Crippen molar-refractivity contribution in [3.63, 3.8) is 0 Å². The van der Waals surface area contributed by atoms with Gasteiger partial charge in [0.25, 0.3) is 0 Å². The number of benzene rings is 1. The first kappa shape index (κ1) is 20.6. The molecule has 2 aliphatic heterocycles. The number of alkyl halides is 3. The number of para-hydroxylation sites is 2. The van der Waals surface area contributed by atoms with Gasteiger partial charge < -0.3 is 20.2 Å². The van der Waals surface area contributed by atoms with E-state index in [1.807, 2.05) is 19.1 Å². The van der Waals surface area contributed by atoms with E-state index in [9.17, 15) is 18.3 Å². The minimum atomic E-state index is -4.16. The second-order valence-corrected chi connectivity index (χ2v) is 7.24. The van der Waals surface area contributed by atoms with E-state index in [4.69, 9.17) is 0 Å². The third-order valence-electron chi connectivity index (χ3n) is 5.12. The van der Waals surface area contributed by atoms with E-state index in [-0.39, 0.29) is 11.8 Å². The molecule has 3 rings (SSSR count). The minimum absolute atomic E-state index is 0.0242. The van der Waals surface area contributed by atoms with Gasteiger partial charge in [0.1, 0.15) is 5.75 Å². The normalized spacial score (nSPS) is 22.0. The number of aromatic hydroxyl groups is 1. The van der Waals surface area contributed by atoms with Crippen molar-refractivity contribution >= 4 is 11.6 Å². The lowest BCUT2D eigenvalue weighted by Gasteiger charge is -2.38. The fraction of sp³-hybridized carbons (Fsp3) is 0.632. The highest BCUT2D eigenvalue weighted by atomic mass is 19.4. The molecule has 1 atom stereocenters. The number of phenolic OH excluding ortho intramolecular Hbond substituents is 1. The molecule has 0 spiro atoms. The Morgan fingerprint density at radius 1 is 1.18 bits per heavy atom. The number of nitrogens with one attached hydrogen (secondary N) is 1. The van der Waals surface area contributed by atoms with E-state index in [2.05, 4.69) is 20.1 Å². The molecule has 0 bridgehead atoms. The Kier molecular flexibility index (Phi) is 6.53. The number of anilines is 1. The Morgan fingerprint density at radius 3 is 2.54 bits per heavy atom. The van der Waals surface area contributed by atoms with Crippen LogP contribution in [0.3, 0.4) is 0 Å². The molecule has 0 aromatic heterocycles. The smallest absolute Gasteiger partial charge is 0.401 e. The van der Waals surface area contributed by atoms with Crippen molar-refractivity contribution in [2.75, 3.05) is 57.3 Å². The number of guanidine groups is 1. The number of likely N-dealkylation sites (tertiary alicyclic amines) is 1. The van der Waals surface area contributed by atoms with Crippen molar-refractivity contribution in [2.45, 2.75) is 25.6 Å². The van der Waals surface area contributed by atoms with Gasteiger partial charge in [-0.15, -0.1) is 0 Å². The first-order valence-corrected chi connectivity index (χ1v) is 9.73. The summed E-state index contributed by atoms with van der Waals surface area (Å²) >= 11 is 0. The number of aliphatic imine (C=N–C) groups is 1. The Labute approximate surface area is 163 Å². The van der Waals surface area contributed by atoms with Gasteiger partial charge in [0.15, 0.2) is 5.96 Å². The van der Waals surface area contributed by atoms with E-state index >= 15 is 0 Å². The lowest BCUT2D eigenvalue weighted by molar-refractivity contribution is -0.143. The van der Waals surface area contributed by atoms with Gasteiger partial charge in [-0.2, -0.15) is 13.2 Å². The number of piperazine rings is 1. The molecule has 2 aliphatic rings. The zero-order valence-electron chi connectivity index (χ0n) is 16.1. The molecule has 28 heavy (non-hydrogen) atoms. The lowest BCUT2D eigenvalue weighted by atomic mass is 10.2. The van der Waals surface area contributed by atoms with Crippen LogP contribution in [0, 0.1) is 0 Å². The zero-order valence-corrected chi connectivity index (χ0v) is 16.1. The first-order valence-electron chi connectivity index (χ1n) is 9.73. The van der Waals surface area contributed by atoms with Crippen LogP contribution in [-0.2, 0) is 0 Å². The fourth-order valence-electron chi connectivity index (χ4n) is 3.81. The summed E-state index contributed by atoms with van der Waals surface area (Å²) in [5.74, 6) is 1.03. The predicted molar refractivity (Wildman–Crippen MR) is 104 cm³/mol. The van der Waals surface area contributed by atoms with Crippen LogP contribution in [0.5, 0.6) is 5.75 Å². The van der Waals surface area contributed by atoms with Crippen LogP contribution in [0.1, 0.15) is 13.3 Å². The van der Waals surface area contributed by atoms with Gasteiger partial charge in [-0.25, -0.2) is 0 Å². The van der Waals surface area contributed by atoms with Crippen LogP contribution in [0.4, 0.5) is 18.9 Å². The number of nitrogens with zero attached hydrogens (tertiary/aromatic N) is 4. The number of hydrogen-bond donors (Lipinski definition) is 2. The summed E-state index contributed by atoms with van der Waals surface area (Å²) in [6, 6.07) is 7.26. The van der Waals surface area contributed by atoms with E-state index < -0.39 is 12.7 Å². The molecule has 9 heteroatoms. The van der Waals surface area contributed by atoms with Crippen LogP contribution >= 0.6 is 0 Å². The summed E-state index contributed by atoms with van der Waals surface area (Å²) in [7, 11) is 0. The van der Waals surface area contributed by atoms with Crippen molar-refractivity contribution in [1.29, 1.82) is 0 Å². The molecule has 0 saturated carbocycles. The molecule has 2 saturated heterocycles. The van der Waals surface area contributed by atoms with Crippen molar-refractivity contribution in [2.24, 2.45) is 4.99 Å². The molecule has 1 aromatic rings. The summed E-state index contributed by atoms with van der Waals surface area (Å²) in [6.45, 7) is 5.48. The summed E-state index contributed by atoms with van der Waals surface area (Å²) < 4.78 is 37.8. The van der Waals surface area contributed by atoms with Gasteiger partial charge in [0.05, 0.1) is 12.2 Å². The highest BCUT2D eigenvalue weighted by molar-refractivity contribution is 5.80. The quantitative estimate of drug-likeness (QED) is 0.600. The molecular weight excluding hydrogens is 371 g/mol. The third-order valence-corrected chi connectivity index (χ3v) is 5.12. The molecule has 156 valence electrons. The van der Waals surface area contributed by atoms with Crippen LogP contribution in [-0.4, -0.2) is 85.4 Å². The van der Waals surface area contributed by atoms with Crippen molar-refractivity contribution in [3.8, 4) is 5.75 Å². The Bertz CT molecular complexity index is 674. The molecule has 1 aromatic carbocycles. The number of phenols is 1.